The van der Waals surface area contributed by atoms with Gasteiger partial charge in [-0.2, -0.15) is 0 Å². The van der Waals surface area contributed by atoms with Crippen LogP contribution in [0.5, 0.6) is 5.75 Å². The molecule has 3 rings (SSSR count). The van der Waals surface area contributed by atoms with Crippen LogP contribution >= 0.6 is 0 Å². The van der Waals surface area contributed by atoms with Gasteiger partial charge in [-0.25, -0.2) is 12.8 Å². The number of ether oxygens (including phenoxy) is 1. The average molecular weight is 377 g/mol. The molecule has 1 aliphatic heterocycles. The van der Waals surface area contributed by atoms with Crippen LogP contribution in [0.3, 0.4) is 0 Å². The third kappa shape index (κ3) is 3.51. The summed E-state index contributed by atoms with van der Waals surface area (Å²) in [7, 11) is -2.35. The molecule has 138 valence electrons. The predicted octanol–water partition coefficient (Wildman–Crippen LogP) is 3.85. The van der Waals surface area contributed by atoms with Gasteiger partial charge in [-0.1, -0.05) is 22.7 Å². The zero-order valence-corrected chi connectivity index (χ0v) is 15.5. The smallest absolute Gasteiger partial charge is 0.265 e. The van der Waals surface area contributed by atoms with E-state index in [4.69, 9.17) is 9.57 Å². The van der Waals surface area contributed by atoms with Gasteiger partial charge in [-0.15, -0.1) is 0 Å². The van der Waals surface area contributed by atoms with Crippen LogP contribution in [0.4, 0.5) is 4.39 Å². The number of hydrogen-bond acceptors (Lipinski definition) is 4. The van der Waals surface area contributed by atoms with Crippen LogP contribution in [0, 0.1) is 5.82 Å². The van der Waals surface area contributed by atoms with Crippen molar-refractivity contribution in [3.63, 3.8) is 0 Å². The van der Waals surface area contributed by atoms with Crippen LogP contribution < -0.4 is 4.74 Å². The SMILES string of the molecule is COc1ccc(C2ON(S(=O)(=O)c3ccc(F)cc3)C(C)C=C2C)cc1. The van der Waals surface area contributed by atoms with E-state index in [1.807, 2.05) is 25.1 Å². The molecular weight excluding hydrogens is 357 g/mol. The van der Waals surface area contributed by atoms with Gasteiger partial charge in [0.15, 0.2) is 0 Å². The van der Waals surface area contributed by atoms with Crippen LogP contribution in [0.15, 0.2) is 65.1 Å². The molecule has 0 saturated carbocycles. The fraction of sp³-hybridized carbons (Fsp3) is 0.263. The molecule has 0 amide bonds. The van der Waals surface area contributed by atoms with Crippen LogP contribution in [0.25, 0.3) is 0 Å². The van der Waals surface area contributed by atoms with Crippen molar-refractivity contribution in [3.8, 4) is 5.75 Å². The lowest BCUT2D eigenvalue weighted by molar-refractivity contribution is -0.143. The lowest BCUT2D eigenvalue weighted by Crippen LogP contribution is -2.41. The lowest BCUT2D eigenvalue weighted by Gasteiger charge is -2.35. The number of halogens is 1. The molecule has 0 aliphatic carbocycles. The third-order valence-electron chi connectivity index (χ3n) is 4.23. The number of hydroxylamine groups is 1. The fourth-order valence-corrected chi connectivity index (χ4v) is 4.29. The van der Waals surface area contributed by atoms with Crippen LogP contribution in [-0.4, -0.2) is 26.0 Å². The molecule has 2 atom stereocenters. The van der Waals surface area contributed by atoms with Crippen molar-refractivity contribution in [3.05, 3.63) is 71.6 Å². The largest absolute Gasteiger partial charge is 0.497 e. The number of benzene rings is 2. The molecule has 2 aromatic carbocycles. The maximum atomic E-state index is 13.1. The van der Waals surface area contributed by atoms with Crippen molar-refractivity contribution in [2.75, 3.05) is 7.11 Å². The van der Waals surface area contributed by atoms with Gasteiger partial charge in [0.1, 0.15) is 17.7 Å². The first-order valence-electron chi connectivity index (χ1n) is 8.12. The number of rotatable bonds is 4. The van der Waals surface area contributed by atoms with Gasteiger partial charge in [0, 0.05) is 0 Å². The highest BCUT2D eigenvalue weighted by Crippen LogP contribution is 2.35. The van der Waals surface area contributed by atoms with E-state index in [0.717, 1.165) is 27.7 Å². The molecule has 0 bridgehead atoms. The molecule has 0 aromatic heterocycles. The molecule has 0 N–H and O–H groups in total. The average Bonchev–Trinajstić information content (AvgIpc) is 2.62. The van der Waals surface area contributed by atoms with Crippen molar-refractivity contribution in [1.82, 2.24) is 4.47 Å². The van der Waals surface area contributed by atoms with Crippen molar-refractivity contribution in [2.45, 2.75) is 30.9 Å². The zero-order valence-electron chi connectivity index (χ0n) is 14.7. The molecule has 2 aromatic rings. The van der Waals surface area contributed by atoms with E-state index in [-0.39, 0.29) is 4.90 Å². The van der Waals surface area contributed by atoms with Crippen LogP contribution in [-0.2, 0) is 14.9 Å². The highest BCUT2D eigenvalue weighted by Gasteiger charge is 2.36. The standard InChI is InChI=1S/C19H20FNO4S/c1-13-12-14(2)21(26(22,23)18-10-6-16(20)7-11-18)25-19(13)15-4-8-17(24-3)9-5-15/h4-12,14,19H,1-3H3. The van der Waals surface area contributed by atoms with Gasteiger partial charge in [-0.3, -0.25) is 4.84 Å². The normalized spacial score (nSPS) is 21.3. The summed E-state index contributed by atoms with van der Waals surface area (Å²) >= 11 is 0. The van der Waals surface area contributed by atoms with E-state index in [2.05, 4.69) is 0 Å². The molecule has 5 nitrogen and oxygen atoms in total. The molecule has 0 radical (unpaired) electrons. The van der Waals surface area contributed by atoms with Gasteiger partial charge in [0.2, 0.25) is 0 Å². The van der Waals surface area contributed by atoms with E-state index in [1.54, 1.807) is 26.2 Å². The Morgan fingerprint density at radius 2 is 1.69 bits per heavy atom. The molecule has 0 spiro atoms. The number of sulfonamides is 1. The third-order valence-corrected chi connectivity index (χ3v) is 5.99. The molecule has 26 heavy (non-hydrogen) atoms. The minimum atomic E-state index is -3.93. The predicted molar refractivity (Wildman–Crippen MR) is 95.5 cm³/mol. The van der Waals surface area contributed by atoms with E-state index in [0.29, 0.717) is 5.75 Å². The topological polar surface area (TPSA) is 55.8 Å². The zero-order chi connectivity index (χ0) is 18.9. The second-order valence-corrected chi connectivity index (χ2v) is 7.91. The number of nitrogens with zero attached hydrogens (tertiary/aromatic N) is 1. The van der Waals surface area contributed by atoms with E-state index >= 15 is 0 Å². The Hall–Kier alpha value is -2.22. The van der Waals surface area contributed by atoms with Crippen molar-refractivity contribution in [1.29, 1.82) is 0 Å². The monoisotopic (exact) mass is 377 g/mol. The Balaban J connectivity index is 1.94. The summed E-state index contributed by atoms with van der Waals surface area (Å²) in [6.07, 6.45) is 1.31. The number of hydrogen-bond donors (Lipinski definition) is 0. The fourth-order valence-electron chi connectivity index (χ4n) is 2.90. The maximum Gasteiger partial charge on any atom is 0.265 e. The van der Waals surface area contributed by atoms with Crippen molar-refractivity contribution < 1.29 is 22.4 Å². The summed E-state index contributed by atoms with van der Waals surface area (Å²) < 4.78 is 45.1. The van der Waals surface area contributed by atoms with Crippen molar-refractivity contribution in [2.24, 2.45) is 0 Å². The Morgan fingerprint density at radius 3 is 2.27 bits per heavy atom. The second kappa shape index (κ2) is 7.19. The Kier molecular flexibility index (Phi) is 5.13. The Bertz CT molecular complexity index is 908. The Morgan fingerprint density at radius 1 is 1.08 bits per heavy atom. The quantitative estimate of drug-likeness (QED) is 0.760. The molecule has 0 fully saturated rings. The summed E-state index contributed by atoms with van der Waals surface area (Å²) in [5.41, 5.74) is 1.72. The molecular formula is C19H20FNO4S. The number of methoxy groups -OCH3 is 1. The molecule has 0 saturated heterocycles. The van der Waals surface area contributed by atoms with Gasteiger partial charge >= 0.3 is 0 Å². The van der Waals surface area contributed by atoms with Gasteiger partial charge in [-0.05, 0) is 61.4 Å². The minimum Gasteiger partial charge on any atom is -0.497 e. The summed E-state index contributed by atoms with van der Waals surface area (Å²) in [6, 6.07) is 11.5. The van der Waals surface area contributed by atoms with Gasteiger partial charge < -0.3 is 4.74 Å². The van der Waals surface area contributed by atoms with E-state index in [9.17, 15) is 12.8 Å². The van der Waals surface area contributed by atoms with Gasteiger partial charge in [0.25, 0.3) is 10.0 Å². The first-order chi connectivity index (χ1) is 12.3. The van der Waals surface area contributed by atoms with Gasteiger partial charge in [0.05, 0.1) is 18.0 Å². The maximum absolute atomic E-state index is 13.1. The Labute approximate surface area is 152 Å². The van der Waals surface area contributed by atoms with Crippen LogP contribution in [0.2, 0.25) is 0 Å². The lowest BCUT2D eigenvalue weighted by atomic mass is 10.00. The summed E-state index contributed by atoms with van der Waals surface area (Å²) in [4.78, 5) is 5.84. The summed E-state index contributed by atoms with van der Waals surface area (Å²) in [5, 5.41) is 0. The highest BCUT2D eigenvalue weighted by atomic mass is 32.2. The first kappa shape index (κ1) is 18.6. The minimum absolute atomic E-state index is 0.0211. The molecule has 1 aliphatic rings. The van der Waals surface area contributed by atoms with E-state index in [1.165, 1.54) is 12.1 Å². The molecule has 1 heterocycles. The molecule has 2 unspecified atom stereocenters. The summed E-state index contributed by atoms with van der Waals surface area (Å²) in [6.45, 7) is 3.63. The highest BCUT2D eigenvalue weighted by molar-refractivity contribution is 7.89. The summed E-state index contributed by atoms with van der Waals surface area (Å²) in [5.74, 6) is 0.207. The van der Waals surface area contributed by atoms with E-state index < -0.39 is 28.0 Å². The second-order valence-electron chi connectivity index (χ2n) is 6.12. The molecule has 7 heteroatoms. The van der Waals surface area contributed by atoms with Crippen molar-refractivity contribution >= 4 is 10.0 Å². The first-order valence-corrected chi connectivity index (χ1v) is 9.56. The van der Waals surface area contributed by atoms with Crippen LogP contribution in [0.1, 0.15) is 25.5 Å².